The number of aryl methyl sites for hydroxylation is 1. The molecule has 1 atom stereocenters. The molecule has 1 aromatic heterocycles. The molecule has 1 aliphatic rings. The molecular formula is C24H15Br2NO3. The molecule has 30 heavy (non-hydrogen) atoms. The Morgan fingerprint density at radius 3 is 2.37 bits per heavy atom. The first-order valence-corrected chi connectivity index (χ1v) is 10.9. The number of carbonyl (C=O) groups excluding carboxylic acids is 1. The van der Waals surface area contributed by atoms with Crippen molar-refractivity contribution in [3.63, 3.8) is 0 Å². The summed E-state index contributed by atoms with van der Waals surface area (Å²) in [5.41, 5.74) is 3.20. The zero-order valence-electron chi connectivity index (χ0n) is 15.9. The molecule has 0 N–H and O–H groups in total. The Bertz CT molecular complexity index is 1380. The van der Waals surface area contributed by atoms with Gasteiger partial charge in [-0.2, -0.15) is 0 Å². The van der Waals surface area contributed by atoms with E-state index in [4.69, 9.17) is 4.42 Å². The largest absolute Gasteiger partial charge is 0.450 e. The second-order valence-corrected chi connectivity index (χ2v) is 9.11. The van der Waals surface area contributed by atoms with E-state index in [1.54, 1.807) is 23.1 Å². The summed E-state index contributed by atoms with van der Waals surface area (Å²) in [4.78, 5) is 28.7. The van der Waals surface area contributed by atoms with Crippen molar-refractivity contribution in [2.24, 2.45) is 0 Å². The number of fused-ring (bicyclic) bond motifs is 2. The standard InChI is InChI=1S/C24H15Br2NO3/c1-13-5-8-17(9-6-13)27-21(14-3-2-4-15(25)11-14)20-22(28)18-12-16(26)7-10-19(18)30-23(20)24(27)29/h2-12,21H,1H3. The van der Waals surface area contributed by atoms with Crippen LogP contribution < -0.4 is 10.3 Å². The van der Waals surface area contributed by atoms with Gasteiger partial charge in [0.1, 0.15) is 5.58 Å². The maximum atomic E-state index is 13.5. The number of carbonyl (C=O) groups is 1. The Kier molecular flexibility index (Phi) is 4.64. The highest BCUT2D eigenvalue weighted by Crippen LogP contribution is 2.41. The highest BCUT2D eigenvalue weighted by molar-refractivity contribution is 9.10. The number of hydrogen-bond acceptors (Lipinski definition) is 3. The first-order chi connectivity index (χ1) is 14.4. The molecule has 1 amide bonds. The molecule has 2 heterocycles. The van der Waals surface area contributed by atoms with Gasteiger partial charge in [-0.1, -0.05) is 61.7 Å². The number of rotatable bonds is 2. The Morgan fingerprint density at radius 2 is 1.63 bits per heavy atom. The number of anilines is 1. The lowest BCUT2D eigenvalue weighted by molar-refractivity contribution is 0.0971. The Hall–Kier alpha value is -2.70. The Morgan fingerprint density at radius 1 is 0.900 bits per heavy atom. The monoisotopic (exact) mass is 523 g/mol. The minimum absolute atomic E-state index is 0.0976. The van der Waals surface area contributed by atoms with Gasteiger partial charge in [-0.15, -0.1) is 0 Å². The second-order valence-electron chi connectivity index (χ2n) is 7.28. The van der Waals surface area contributed by atoms with Crippen LogP contribution in [0.15, 0.2) is 84.9 Å². The van der Waals surface area contributed by atoms with Crippen LogP contribution in [0.5, 0.6) is 0 Å². The number of halogens is 2. The third-order valence-corrected chi connectivity index (χ3v) is 6.30. The fourth-order valence-corrected chi connectivity index (χ4v) is 4.69. The van der Waals surface area contributed by atoms with Crippen molar-refractivity contribution in [1.82, 2.24) is 0 Å². The molecule has 0 radical (unpaired) electrons. The summed E-state index contributed by atoms with van der Waals surface area (Å²) in [5.74, 6) is -0.221. The zero-order chi connectivity index (χ0) is 21.0. The highest BCUT2D eigenvalue weighted by Gasteiger charge is 2.43. The predicted molar refractivity (Wildman–Crippen MR) is 124 cm³/mol. The number of benzene rings is 3. The molecule has 4 aromatic rings. The van der Waals surface area contributed by atoms with Crippen LogP contribution >= 0.6 is 31.9 Å². The van der Waals surface area contributed by atoms with Gasteiger partial charge in [-0.25, -0.2) is 0 Å². The van der Waals surface area contributed by atoms with E-state index in [0.717, 1.165) is 20.1 Å². The molecular weight excluding hydrogens is 510 g/mol. The fraction of sp³-hybridized carbons (Fsp3) is 0.0833. The van der Waals surface area contributed by atoms with Gasteiger partial charge in [0.25, 0.3) is 5.91 Å². The quantitative estimate of drug-likeness (QED) is 0.306. The zero-order valence-corrected chi connectivity index (χ0v) is 19.0. The molecule has 0 spiro atoms. The lowest BCUT2D eigenvalue weighted by Gasteiger charge is -2.25. The summed E-state index contributed by atoms with van der Waals surface area (Å²) in [5, 5.41) is 0.446. The first kappa shape index (κ1) is 19.3. The SMILES string of the molecule is Cc1ccc(N2C(=O)c3oc4ccc(Br)cc4c(=O)c3C2c2cccc(Br)c2)cc1. The average molecular weight is 525 g/mol. The average Bonchev–Trinajstić information content (AvgIpc) is 3.02. The summed E-state index contributed by atoms with van der Waals surface area (Å²) in [7, 11) is 0. The predicted octanol–water partition coefficient (Wildman–Crippen LogP) is 6.38. The van der Waals surface area contributed by atoms with E-state index in [9.17, 15) is 9.59 Å². The molecule has 0 fully saturated rings. The van der Waals surface area contributed by atoms with E-state index in [-0.39, 0.29) is 17.1 Å². The fourth-order valence-electron chi connectivity index (χ4n) is 3.91. The van der Waals surface area contributed by atoms with E-state index in [2.05, 4.69) is 31.9 Å². The maximum Gasteiger partial charge on any atom is 0.295 e. The summed E-state index contributed by atoms with van der Waals surface area (Å²) in [6, 6.07) is 20.0. The van der Waals surface area contributed by atoms with E-state index in [0.29, 0.717) is 22.2 Å². The van der Waals surface area contributed by atoms with E-state index in [1.165, 1.54) is 0 Å². The highest BCUT2D eigenvalue weighted by atomic mass is 79.9. The molecule has 148 valence electrons. The summed E-state index contributed by atoms with van der Waals surface area (Å²) in [6.07, 6.45) is 0. The molecule has 0 aliphatic carbocycles. The summed E-state index contributed by atoms with van der Waals surface area (Å²) >= 11 is 6.93. The first-order valence-electron chi connectivity index (χ1n) is 9.36. The van der Waals surface area contributed by atoms with Crippen LogP contribution in [0.3, 0.4) is 0 Å². The molecule has 1 aliphatic heterocycles. The molecule has 1 unspecified atom stereocenters. The Balaban J connectivity index is 1.83. The van der Waals surface area contributed by atoms with Gasteiger partial charge in [-0.3, -0.25) is 14.5 Å². The van der Waals surface area contributed by atoms with Crippen molar-refractivity contribution in [2.75, 3.05) is 4.90 Å². The van der Waals surface area contributed by atoms with Gasteiger partial charge >= 0.3 is 0 Å². The third kappa shape index (κ3) is 3.02. The molecule has 0 bridgehead atoms. The normalized spacial score (nSPS) is 15.6. The molecule has 0 saturated heterocycles. The molecule has 6 heteroatoms. The van der Waals surface area contributed by atoms with Gasteiger partial charge in [0.05, 0.1) is 17.0 Å². The molecule has 5 rings (SSSR count). The van der Waals surface area contributed by atoms with Gasteiger partial charge in [0, 0.05) is 14.6 Å². The van der Waals surface area contributed by atoms with Crippen molar-refractivity contribution < 1.29 is 9.21 Å². The van der Waals surface area contributed by atoms with Crippen molar-refractivity contribution in [1.29, 1.82) is 0 Å². The van der Waals surface area contributed by atoms with Crippen LogP contribution in [-0.4, -0.2) is 5.91 Å². The number of nitrogens with zero attached hydrogens (tertiary/aromatic N) is 1. The van der Waals surface area contributed by atoms with Crippen molar-refractivity contribution in [3.05, 3.63) is 108 Å². The molecule has 4 nitrogen and oxygen atoms in total. The van der Waals surface area contributed by atoms with Crippen LogP contribution in [0, 0.1) is 6.92 Å². The maximum absolute atomic E-state index is 13.5. The van der Waals surface area contributed by atoms with Crippen LogP contribution in [0.25, 0.3) is 11.0 Å². The van der Waals surface area contributed by atoms with Crippen LogP contribution in [0.1, 0.15) is 33.3 Å². The van der Waals surface area contributed by atoms with Gasteiger partial charge < -0.3 is 4.42 Å². The van der Waals surface area contributed by atoms with Crippen molar-refractivity contribution in [2.45, 2.75) is 13.0 Å². The van der Waals surface area contributed by atoms with Crippen molar-refractivity contribution >= 4 is 54.4 Å². The van der Waals surface area contributed by atoms with Crippen LogP contribution in [0.4, 0.5) is 5.69 Å². The van der Waals surface area contributed by atoms with Gasteiger partial charge in [-0.05, 0) is 55.0 Å². The van der Waals surface area contributed by atoms with Gasteiger partial charge in [0.2, 0.25) is 5.76 Å². The second kappa shape index (κ2) is 7.22. The smallest absolute Gasteiger partial charge is 0.295 e. The molecule has 3 aromatic carbocycles. The van der Waals surface area contributed by atoms with Crippen molar-refractivity contribution in [3.8, 4) is 0 Å². The van der Waals surface area contributed by atoms with E-state index in [1.807, 2.05) is 55.5 Å². The minimum Gasteiger partial charge on any atom is -0.450 e. The lowest BCUT2D eigenvalue weighted by Crippen LogP contribution is -2.29. The van der Waals surface area contributed by atoms with Crippen LogP contribution in [0.2, 0.25) is 0 Å². The van der Waals surface area contributed by atoms with E-state index < -0.39 is 6.04 Å². The third-order valence-electron chi connectivity index (χ3n) is 5.31. The van der Waals surface area contributed by atoms with Gasteiger partial charge in [0.15, 0.2) is 5.43 Å². The Labute approximate surface area is 189 Å². The number of amides is 1. The lowest BCUT2D eigenvalue weighted by atomic mass is 9.98. The van der Waals surface area contributed by atoms with Crippen LogP contribution in [-0.2, 0) is 0 Å². The molecule has 0 saturated carbocycles. The minimum atomic E-state index is -0.577. The summed E-state index contributed by atoms with van der Waals surface area (Å²) in [6.45, 7) is 1.99. The number of hydrogen-bond donors (Lipinski definition) is 0. The van der Waals surface area contributed by atoms with E-state index >= 15 is 0 Å². The topological polar surface area (TPSA) is 50.5 Å². The summed E-state index contributed by atoms with van der Waals surface area (Å²) < 4.78 is 7.64.